The van der Waals surface area contributed by atoms with Gasteiger partial charge in [-0.15, -0.1) is 0 Å². The Morgan fingerprint density at radius 2 is 1.94 bits per heavy atom. The summed E-state index contributed by atoms with van der Waals surface area (Å²) in [5.74, 6) is 6.03. The van der Waals surface area contributed by atoms with Crippen LogP contribution < -0.4 is 10.9 Å². The van der Waals surface area contributed by atoms with Gasteiger partial charge in [-0.3, -0.25) is 0 Å². The highest BCUT2D eigenvalue weighted by molar-refractivity contribution is 9.10. The topological polar surface area (TPSA) is 29.3 Å². The van der Waals surface area contributed by atoms with E-state index in [0.717, 1.165) is 23.1 Å². The van der Waals surface area contributed by atoms with E-state index < -0.39 is 0 Å². The van der Waals surface area contributed by atoms with Crippen LogP contribution in [-0.4, -0.2) is 11.4 Å². The van der Waals surface area contributed by atoms with Gasteiger partial charge in [-0.25, -0.2) is 5.84 Å². The molecule has 0 fully saturated rings. The molecule has 2 N–H and O–H groups in total. The molecule has 0 saturated carbocycles. The minimum atomic E-state index is 0.644. The van der Waals surface area contributed by atoms with Gasteiger partial charge in [0.1, 0.15) is 0 Å². The molecular weight excluding hydrogens is 356 g/mol. The average Bonchev–Trinajstić information content (AvgIpc) is 2.33. The Morgan fingerprint density at radius 1 is 1.22 bits per heavy atom. The first-order valence-electron chi connectivity index (χ1n) is 6.51. The lowest BCUT2D eigenvalue weighted by Gasteiger charge is -2.18. The number of nitrogens with two attached hydrogens (primary N) is 1. The summed E-state index contributed by atoms with van der Waals surface area (Å²) in [6.45, 7) is 3.12. The Labute approximate surface area is 127 Å². The second-order valence-electron chi connectivity index (χ2n) is 4.66. The van der Waals surface area contributed by atoms with Crippen LogP contribution in [0, 0.1) is 0 Å². The van der Waals surface area contributed by atoms with E-state index in [0.29, 0.717) is 4.83 Å². The number of hydrogen-bond donors (Lipinski definition) is 1. The van der Waals surface area contributed by atoms with Crippen LogP contribution in [0.15, 0.2) is 28.7 Å². The van der Waals surface area contributed by atoms with Crippen molar-refractivity contribution in [3.63, 3.8) is 0 Å². The lowest BCUT2D eigenvalue weighted by molar-refractivity contribution is 0.607. The molecule has 2 nitrogen and oxygen atoms in total. The van der Waals surface area contributed by atoms with Crippen LogP contribution in [0.4, 0.5) is 5.69 Å². The normalized spacial score (nSPS) is 12.4. The number of unbranched alkanes of at least 4 members (excludes halogenated alkanes) is 3. The molecule has 102 valence electrons. The van der Waals surface area contributed by atoms with Crippen LogP contribution in [0.5, 0.6) is 0 Å². The zero-order valence-electron chi connectivity index (χ0n) is 10.9. The molecule has 0 aliphatic heterocycles. The molecule has 0 bridgehead atoms. The molecule has 0 aromatic heterocycles. The highest BCUT2D eigenvalue weighted by Gasteiger charge is 2.02. The van der Waals surface area contributed by atoms with Crippen molar-refractivity contribution in [2.24, 2.45) is 5.84 Å². The van der Waals surface area contributed by atoms with Crippen LogP contribution in [0.2, 0.25) is 0 Å². The van der Waals surface area contributed by atoms with Gasteiger partial charge < -0.3 is 5.01 Å². The van der Waals surface area contributed by atoms with Gasteiger partial charge in [0.05, 0.1) is 5.69 Å². The number of alkyl halides is 1. The molecular formula is C14H22Br2N2. The summed E-state index contributed by atoms with van der Waals surface area (Å²) >= 11 is 7.03. The Hall–Kier alpha value is -0.0600. The van der Waals surface area contributed by atoms with E-state index in [1.807, 2.05) is 29.3 Å². The third-order valence-corrected chi connectivity index (χ3v) is 3.84. The third kappa shape index (κ3) is 6.76. The average molecular weight is 378 g/mol. The summed E-state index contributed by atoms with van der Waals surface area (Å²) in [6, 6.07) is 8.11. The van der Waals surface area contributed by atoms with Crippen molar-refractivity contribution >= 4 is 37.5 Å². The SMILES string of the molecule is CC(Br)CCCCCCN(N)c1cccc(Br)c1. The molecule has 0 spiro atoms. The van der Waals surface area contributed by atoms with Crippen molar-refractivity contribution in [2.75, 3.05) is 11.6 Å². The standard InChI is InChI=1S/C14H22Br2N2/c1-12(15)7-4-2-3-5-10-18(17)14-9-6-8-13(16)11-14/h6,8-9,11-12H,2-5,7,10,17H2,1H3. The van der Waals surface area contributed by atoms with E-state index >= 15 is 0 Å². The fourth-order valence-electron chi connectivity index (χ4n) is 1.85. The van der Waals surface area contributed by atoms with Crippen molar-refractivity contribution in [1.29, 1.82) is 0 Å². The zero-order chi connectivity index (χ0) is 13.4. The summed E-state index contributed by atoms with van der Waals surface area (Å²) in [7, 11) is 0. The van der Waals surface area contributed by atoms with Crippen LogP contribution in [0.1, 0.15) is 39.0 Å². The molecule has 18 heavy (non-hydrogen) atoms. The number of hydrogen-bond acceptors (Lipinski definition) is 2. The van der Waals surface area contributed by atoms with E-state index in [1.165, 1.54) is 25.7 Å². The summed E-state index contributed by atoms with van der Waals surface area (Å²) < 4.78 is 1.07. The minimum Gasteiger partial charge on any atom is -0.311 e. The van der Waals surface area contributed by atoms with Crippen LogP contribution >= 0.6 is 31.9 Å². The maximum atomic E-state index is 6.03. The van der Waals surface area contributed by atoms with E-state index in [2.05, 4.69) is 38.8 Å². The molecule has 1 rings (SSSR count). The van der Waals surface area contributed by atoms with Gasteiger partial charge in [-0.2, -0.15) is 0 Å². The molecule has 0 amide bonds. The predicted octanol–water partition coefficient (Wildman–Crippen LogP) is 4.86. The monoisotopic (exact) mass is 376 g/mol. The Bertz CT molecular complexity index is 342. The summed E-state index contributed by atoms with van der Waals surface area (Å²) in [5, 5.41) is 1.83. The molecule has 0 saturated heterocycles. The summed E-state index contributed by atoms with van der Waals surface area (Å²) in [6.07, 6.45) is 6.26. The zero-order valence-corrected chi connectivity index (χ0v) is 14.1. The number of hydrazine groups is 1. The number of anilines is 1. The molecule has 0 aliphatic carbocycles. The maximum Gasteiger partial charge on any atom is 0.0528 e. The third-order valence-electron chi connectivity index (χ3n) is 2.89. The van der Waals surface area contributed by atoms with E-state index in [4.69, 9.17) is 5.84 Å². The predicted molar refractivity (Wildman–Crippen MR) is 87.1 cm³/mol. The van der Waals surface area contributed by atoms with Crippen LogP contribution in [-0.2, 0) is 0 Å². The fourth-order valence-corrected chi connectivity index (χ4v) is 2.56. The Balaban J connectivity index is 2.15. The molecule has 1 aromatic carbocycles. The highest BCUT2D eigenvalue weighted by atomic mass is 79.9. The summed E-state index contributed by atoms with van der Waals surface area (Å²) in [5.41, 5.74) is 1.07. The Kier molecular flexibility index (Phi) is 7.95. The lowest BCUT2D eigenvalue weighted by Crippen LogP contribution is -2.31. The molecule has 4 heteroatoms. The molecule has 1 unspecified atom stereocenters. The molecule has 0 heterocycles. The largest absolute Gasteiger partial charge is 0.311 e. The lowest BCUT2D eigenvalue weighted by atomic mass is 10.1. The first kappa shape index (κ1) is 16.0. The van der Waals surface area contributed by atoms with Gasteiger partial charge >= 0.3 is 0 Å². The quantitative estimate of drug-likeness (QED) is 0.303. The Morgan fingerprint density at radius 3 is 2.61 bits per heavy atom. The molecule has 0 aliphatic rings. The van der Waals surface area contributed by atoms with E-state index in [9.17, 15) is 0 Å². The van der Waals surface area contributed by atoms with Crippen molar-refractivity contribution in [2.45, 2.75) is 43.9 Å². The van der Waals surface area contributed by atoms with Gasteiger partial charge in [0, 0.05) is 15.8 Å². The second-order valence-corrected chi connectivity index (χ2v) is 7.14. The van der Waals surface area contributed by atoms with Gasteiger partial charge in [0.15, 0.2) is 0 Å². The van der Waals surface area contributed by atoms with Crippen molar-refractivity contribution in [3.05, 3.63) is 28.7 Å². The number of rotatable bonds is 8. The van der Waals surface area contributed by atoms with Gasteiger partial charge in [0.25, 0.3) is 0 Å². The van der Waals surface area contributed by atoms with Crippen molar-refractivity contribution in [3.8, 4) is 0 Å². The molecule has 1 aromatic rings. The number of halogens is 2. The maximum absolute atomic E-state index is 6.03. The number of nitrogens with zero attached hydrogens (tertiary/aromatic N) is 1. The van der Waals surface area contributed by atoms with Crippen LogP contribution in [0.3, 0.4) is 0 Å². The van der Waals surface area contributed by atoms with Gasteiger partial charge in [0.2, 0.25) is 0 Å². The van der Waals surface area contributed by atoms with Crippen molar-refractivity contribution in [1.82, 2.24) is 0 Å². The first-order valence-corrected chi connectivity index (χ1v) is 8.22. The fraction of sp³-hybridized carbons (Fsp3) is 0.571. The first-order chi connectivity index (χ1) is 8.59. The van der Waals surface area contributed by atoms with Gasteiger partial charge in [-0.1, -0.05) is 64.1 Å². The van der Waals surface area contributed by atoms with E-state index in [-0.39, 0.29) is 0 Å². The number of benzene rings is 1. The minimum absolute atomic E-state index is 0.644. The summed E-state index contributed by atoms with van der Waals surface area (Å²) in [4.78, 5) is 0.644. The smallest absolute Gasteiger partial charge is 0.0528 e. The van der Waals surface area contributed by atoms with Crippen LogP contribution in [0.25, 0.3) is 0 Å². The molecule has 0 radical (unpaired) electrons. The second kappa shape index (κ2) is 8.94. The van der Waals surface area contributed by atoms with Crippen molar-refractivity contribution < 1.29 is 0 Å². The van der Waals surface area contributed by atoms with E-state index in [1.54, 1.807) is 0 Å². The molecule has 1 atom stereocenters. The highest BCUT2D eigenvalue weighted by Crippen LogP contribution is 2.18. The van der Waals surface area contributed by atoms with Gasteiger partial charge in [-0.05, 0) is 31.0 Å².